The van der Waals surface area contributed by atoms with Crippen LogP contribution >= 0.6 is 23.2 Å². The van der Waals surface area contributed by atoms with Gasteiger partial charge < -0.3 is 0 Å². The molecule has 7 heteroatoms. The van der Waals surface area contributed by atoms with Gasteiger partial charge in [0.1, 0.15) is 6.20 Å². The molecule has 1 aromatic carbocycles. The van der Waals surface area contributed by atoms with Crippen LogP contribution in [0.2, 0.25) is 10.3 Å². The molecule has 2 aromatic rings. The second-order valence-electron chi connectivity index (χ2n) is 3.59. The molecule has 0 spiro atoms. The largest absolute Gasteiger partial charge is 0.313 e. The lowest BCUT2D eigenvalue weighted by Gasteiger charge is -2.04. The summed E-state index contributed by atoms with van der Waals surface area (Å²) in [7, 11) is 0. The molecule has 0 atom stereocenters. The van der Waals surface area contributed by atoms with Gasteiger partial charge in [-0.05, 0) is 30.2 Å². The molecule has 1 heterocycles. The van der Waals surface area contributed by atoms with Gasteiger partial charge in [0.05, 0.1) is 4.92 Å². The summed E-state index contributed by atoms with van der Waals surface area (Å²) < 4.78 is 0. The van der Waals surface area contributed by atoms with E-state index in [1.807, 2.05) is 6.92 Å². The van der Waals surface area contributed by atoms with E-state index in [-0.39, 0.29) is 16.7 Å². The van der Waals surface area contributed by atoms with E-state index in [9.17, 15) is 10.1 Å². The van der Waals surface area contributed by atoms with E-state index in [1.54, 1.807) is 18.2 Å². The van der Waals surface area contributed by atoms with E-state index in [1.165, 1.54) is 0 Å². The van der Waals surface area contributed by atoms with Crippen molar-refractivity contribution >= 4 is 28.9 Å². The van der Waals surface area contributed by atoms with Gasteiger partial charge in [-0.25, -0.2) is 9.97 Å². The molecule has 0 aliphatic rings. The third kappa shape index (κ3) is 2.42. The maximum atomic E-state index is 10.9. The van der Waals surface area contributed by atoms with Gasteiger partial charge in [0.2, 0.25) is 5.28 Å². The topological polar surface area (TPSA) is 68.9 Å². The molecule has 2 rings (SSSR count). The monoisotopic (exact) mass is 283 g/mol. The highest BCUT2D eigenvalue weighted by Gasteiger charge is 2.18. The standard InChI is InChI=1S/C11H7Cl2N3O2/c1-6-2-3-7(4-8(6)12)10-9(16(17)18)5-14-11(13)15-10/h2-5H,1H3. The number of hydrogen-bond donors (Lipinski definition) is 0. The lowest BCUT2D eigenvalue weighted by molar-refractivity contribution is -0.384. The Morgan fingerprint density at radius 2 is 2.06 bits per heavy atom. The minimum absolute atomic E-state index is 0.0488. The lowest BCUT2D eigenvalue weighted by atomic mass is 10.1. The SMILES string of the molecule is Cc1ccc(-c2nc(Cl)ncc2[N+](=O)[O-])cc1Cl. The molecule has 0 fully saturated rings. The van der Waals surface area contributed by atoms with Crippen LogP contribution in [-0.2, 0) is 0 Å². The normalized spacial score (nSPS) is 10.4. The Morgan fingerprint density at radius 1 is 1.33 bits per heavy atom. The number of nitrogens with zero attached hydrogens (tertiary/aromatic N) is 3. The Labute approximate surface area is 113 Å². The Morgan fingerprint density at radius 3 is 2.67 bits per heavy atom. The van der Waals surface area contributed by atoms with Gasteiger partial charge >= 0.3 is 5.69 Å². The summed E-state index contributed by atoms with van der Waals surface area (Å²) in [6.45, 7) is 1.84. The van der Waals surface area contributed by atoms with Gasteiger partial charge in [-0.2, -0.15) is 0 Å². The summed E-state index contributed by atoms with van der Waals surface area (Å²) in [6.07, 6.45) is 1.08. The molecule has 18 heavy (non-hydrogen) atoms. The number of rotatable bonds is 2. The Hall–Kier alpha value is -1.72. The van der Waals surface area contributed by atoms with Crippen LogP contribution in [0, 0.1) is 17.0 Å². The molecule has 0 radical (unpaired) electrons. The molecule has 0 amide bonds. The van der Waals surface area contributed by atoms with E-state index in [4.69, 9.17) is 23.2 Å². The first-order valence-corrected chi connectivity index (χ1v) is 5.68. The molecule has 0 aliphatic heterocycles. The predicted molar refractivity (Wildman–Crippen MR) is 68.9 cm³/mol. The summed E-state index contributed by atoms with van der Waals surface area (Å²) in [5.41, 5.74) is 1.35. The number of aryl methyl sites for hydroxylation is 1. The number of nitro groups is 1. The van der Waals surface area contributed by atoms with Gasteiger partial charge in [0, 0.05) is 10.6 Å². The molecule has 1 aromatic heterocycles. The van der Waals surface area contributed by atoms with Crippen molar-refractivity contribution in [2.24, 2.45) is 0 Å². The Bertz CT molecular complexity index is 632. The fourth-order valence-corrected chi connectivity index (χ4v) is 1.75. The second kappa shape index (κ2) is 4.88. The maximum Gasteiger partial charge on any atom is 0.313 e. The van der Waals surface area contributed by atoms with E-state index >= 15 is 0 Å². The van der Waals surface area contributed by atoms with Gasteiger partial charge in [-0.3, -0.25) is 10.1 Å². The van der Waals surface area contributed by atoms with Crippen LogP contribution in [0.15, 0.2) is 24.4 Å². The molecule has 92 valence electrons. The highest BCUT2D eigenvalue weighted by Crippen LogP contribution is 2.30. The average Bonchev–Trinajstić information content (AvgIpc) is 2.32. The Balaban J connectivity index is 2.65. The minimum Gasteiger partial charge on any atom is -0.258 e. The summed E-state index contributed by atoms with van der Waals surface area (Å²) in [5, 5.41) is 11.4. The molecule has 0 aliphatic carbocycles. The van der Waals surface area contributed by atoms with Gasteiger partial charge in [0.25, 0.3) is 0 Å². The van der Waals surface area contributed by atoms with Crippen LogP contribution in [-0.4, -0.2) is 14.9 Å². The number of hydrogen-bond acceptors (Lipinski definition) is 4. The van der Waals surface area contributed by atoms with Crippen molar-refractivity contribution in [3.05, 3.63) is 50.4 Å². The van der Waals surface area contributed by atoms with Crippen molar-refractivity contribution in [2.75, 3.05) is 0 Å². The number of aromatic nitrogens is 2. The fourth-order valence-electron chi connectivity index (χ4n) is 1.44. The molecule has 0 saturated carbocycles. The number of halogens is 2. The van der Waals surface area contributed by atoms with Crippen LogP contribution in [0.1, 0.15) is 5.56 Å². The van der Waals surface area contributed by atoms with Crippen LogP contribution in [0.5, 0.6) is 0 Å². The van der Waals surface area contributed by atoms with Gasteiger partial charge in [-0.1, -0.05) is 23.7 Å². The zero-order chi connectivity index (χ0) is 13.3. The van der Waals surface area contributed by atoms with Gasteiger partial charge in [-0.15, -0.1) is 0 Å². The third-order valence-electron chi connectivity index (χ3n) is 2.38. The van der Waals surface area contributed by atoms with Crippen molar-refractivity contribution < 1.29 is 4.92 Å². The maximum absolute atomic E-state index is 10.9. The first-order valence-electron chi connectivity index (χ1n) is 4.92. The molecule has 0 N–H and O–H groups in total. The third-order valence-corrected chi connectivity index (χ3v) is 2.97. The molecule has 0 bridgehead atoms. The van der Waals surface area contributed by atoms with Crippen LogP contribution in [0.25, 0.3) is 11.3 Å². The van der Waals surface area contributed by atoms with Crippen molar-refractivity contribution in [2.45, 2.75) is 6.92 Å². The lowest BCUT2D eigenvalue weighted by Crippen LogP contribution is -1.97. The van der Waals surface area contributed by atoms with E-state index in [0.717, 1.165) is 11.8 Å². The van der Waals surface area contributed by atoms with Crippen molar-refractivity contribution in [3.63, 3.8) is 0 Å². The minimum atomic E-state index is -0.556. The second-order valence-corrected chi connectivity index (χ2v) is 4.34. The summed E-state index contributed by atoms with van der Waals surface area (Å²) in [4.78, 5) is 17.8. The summed E-state index contributed by atoms with van der Waals surface area (Å²) in [5.74, 6) is 0. The van der Waals surface area contributed by atoms with E-state index in [0.29, 0.717) is 10.6 Å². The first-order chi connectivity index (χ1) is 8.49. The van der Waals surface area contributed by atoms with Crippen molar-refractivity contribution in [1.29, 1.82) is 0 Å². The number of benzene rings is 1. The summed E-state index contributed by atoms with van der Waals surface area (Å²) in [6, 6.07) is 5.08. The highest BCUT2D eigenvalue weighted by atomic mass is 35.5. The van der Waals surface area contributed by atoms with E-state index < -0.39 is 4.92 Å². The molecular formula is C11H7Cl2N3O2. The van der Waals surface area contributed by atoms with Crippen molar-refractivity contribution in [3.8, 4) is 11.3 Å². The smallest absolute Gasteiger partial charge is 0.258 e. The molecule has 0 unspecified atom stereocenters. The van der Waals surface area contributed by atoms with Crippen LogP contribution < -0.4 is 0 Å². The summed E-state index contributed by atoms with van der Waals surface area (Å²) >= 11 is 11.7. The highest BCUT2D eigenvalue weighted by molar-refractivity contribution is 6.31. The van der Waals surface area contributed by atoms with Crippen molar-refractivity contribution in [1.82, 2.24) is 9.97 Å². The zero-order valence-corrected chi connectivity index (χ0v) is 10.7. The first kappa shape index (κ1) is 12.7. The van der Waals surface area contributed by atoms with Crippen LogP contribution in [0.4, 0.5) is 5.69 Å². The average molecular weight is 284 g/mol. The Kier molecular flexibility index (Phi) is 3.45. The molecule has 0 saturated heterocycles. The quantitative estimate of drug-likeness (QED) is 0.479. The fraction of sp³-hybridized carbons (Fsp3) is 0.0909. The van der Waals surface area contributed by atoms with Gasteiger partial charge in [0.15, 0.2) is 5.69 Å². The van der Waals surface area contributed by atoms with Crippen LogP contribution in [0.3, 0.4) is 0 Å². The molecule has 5 nitrogen and oxygen atoms in total. The molecular weight excluding hydrogens is 277 g/mol. The van der Waals surface area contributed by atoms with E-state index in [2.05, 4.69) is 9.97 Å². The predicted octanol–water partition coefficient (Wildman–Crippen LogP) is 3.67. The zero-order valence-electron chi connectivity index (χ0n) is 9.22.